The molecule has 1 aliphatic carbocycles. The molecule has 7 heteroatoms. The minimum Gasteiger partial charge on any atom is -0.370 e. The zero-order chi connectivity index (χ0) is 15.9. The number of nitrogens with zero attached hydrogens (tertiary/aromatic N) is 1. The molecular weight excluding hydrogens is 304 g/mol. The molecule has 1 aliphatic heterocycles. The largest absolute Gasteiger partial charge is 0.370 e. The predicted octanol–water partition coefficient (Wildman–Crippen LogP) is 1.65. The van der Waals surface area contributed by atoms with Crippen molar-refractivity contribution in [3.8, 4) is 0 Å². The second-order valence-electron chi connectivity index (χ2n) is 5.81. The van der Waals surface area contributed by atoms with E-state index in [1.54, 1.807) is 23.1 Å². The quantitative estimate of drug-likeness (QED) is 0.581. The third kappa shape index (κ3) is 2.92. The number of amides is 2. The summed E-state index contributed by atoms with van der Waals surface area (Å²) in [5.74, 6) is -0.314. The first-order valence-corrected chi connectivity index (χ1v) is 7.58. The highest BCUT2D eigenvalue weighted by Gasteiger charge is 2.40. The number of guanidine groups is 1. The van der Waals surface area contributed by atoms with Gasteiger partial charge in [-0.2, -0.15) is 0 Å². The zero-order valence-electron chi connectivity index (χ0n) is 11.9. The Morgan fingerprint density at radius 2 is 2.18 bits per heavy atom. The molecule has 0 saturated heterocycles. The van der Waals surface area contributed by atoms with Gasteiger partial charge in [-0.25, -0.2) is 0 Å². The van der Waals surface area contributed by atoms with Crippen molar-refractivity contribution < 1.29 is 9.59 Å². The summed E-state index contributed by atoms with van der Waals surface area (Å²) in [6.45, 7) is 0.656. The molecule has 0 bridgehead atoms. The Kier molecular flexibility index (Phi) is 3.78. The molecular formula is C15H17ClN4O2. The van der Waals surface area contributed by atoms with Gasteiger partial charge in [0, 0.05) is 17.1 Å². The molecule has 0 spiro atoms. The number of halogens is 1. The van der Waals surface area contributed by atoms with Gasteiger partial charge in [-0.05, 0) is 36.5 Å². The number of carbonyl (C=O) groups excluding carboxylic acids is 2. The minimum absolute atomic E-state index is 0.0787. The van der Waals surface area contributed by atoms with Crippen LogP contribution in [0.1, 0.15) is 41.2 Å². The molecule has 2 amide bonds. The topological polar surface area (TPSA) is 99.3 Å². The van der Waals surface area contributed by atoms with Crippen LogP contribution in [0.3, 0.4) is 0 Å². The van der Waals surface area contributed by atoms with Gasteiger partial charge in [0.05, 0.1) is 12.5 Å². The highest BCUT2D eigenvalue weighted by molar-refractivity contribution is 6.31. The van der Waals surface area contributed by atoms with Crippen molar-refractivity contribution in [2.24, 2.45) is 11.7 Å². The van der Waals surface area contributed by atoms with E-state index in [2.05, 4.69) is 5.32 Å². The Morgan fingerprint density at radius 3 is 2.82 bits per heavy atom. The number of nitrogens with one attached hydrogen (secondary N) is 2. The fraction of sp³-hybridized carbons (Fsp3) is 0.400. The molecule has 0 aromatic heterocycles. The molecule has 1 aromatic carbocycles. The van der Waals surface area contributed by atoms with Crippen LogP contribution in [0, 0.1) is 11.3 Å². The lowest BCUT2D eigenvalue weighted by molar-refractivity contribution is -0.120. The maximum atomic E-state index is 12.6. The van der Waals surface area contributed by atoms with Crippen molar-refractivity contribution in [2.75, 3.05) is 6.54 Å². The van der Waals surface area contributed by atoms with Crippen LogP contribution >= 0.6 is 11.6 Å². The first-order chi connectivity index (χ1) is 10.5. The smallest absolute Gasteiger partial charge is 0.254 e. The second kappa shape index (κ2) is 5.61. The summed E-state index contributed by atoms with van der Waals surface area (Å²) in [5, 5.41) is 9.91. The molecule has 4 N–H and O–H groups in total. The summed E-state index contributed by atoms with van der Waals surface area (Å²) in [5.41, 5.74) is 6.57. The monoisotopic (exact) mass is 320 g/mol. The average Bonchev–Trinajstić information content (AvgIpc) is 3.21. The van der Waals surface area contributed by atoms with E-state index >= 15 is 0 Å². The van der Waals surface area contributed by atoms with E-state index in [0.717, 1.165) is 18.4 Å². The van der Waals surface area contributed by atoms with Gasteiger partial charge in [-0.15, -0.1) is 0 Å². The van der Waals surface area contributed by atoms with Gasteiger partial charge < -0.3 is 10.6 Å². The highest BCUT2D eigenvalue weighted by Crippen LogP contribution is 2.40. The van der Waals surface area contributed by atoms with Gasteiger partial charge >= 0.3 is 0 Å². The Bertz CT molecular complexity index is 657. The Balaban J connectivity index is 1.87. The van der Waals surface area contributed by atoms with Crippen LogP contribution in [0.4, 0.5) is 0 Å². The molecule has 6 nitrogen and oxygen atoms in total. The fourth-order valence-corrected chi connectivity index (χ4v) is 3.03. The second-order valence-corrected chi connectivity index (χ2v) is 6.25. The number of hydrogen-bond donors (Lipinski definition) is 3. The van der Waals surface area contributed by atoms with Gasteiger partial charge in [-0.1, -0.05) is 17.7 Å². The van der Waals surface area contributed by atoms with Gasteiger partial charge in [-0.3, -0.25) is 20.3 Å². The molecule has 1 heterocycles. The van der Waals surface area contributed by atoms with Crippen LogP contribution in [-0.2, 0) is 4.79 Å². The van der Waals surface area contributed by atoms with Crippen molar-refractivity contribution in [3.63, 3.8) is 0 Å². The maximum Gasteiger partial charge on any atom is 0.254 e. The molecule has 2 aliphatic rings. The Morgan fingerprint density at radius 1 is 1.45 bits per heavy atom. The third-order valence-corrected chi connectivity index (χ3v) is 4.28. The van der Waals surface area contributed by atoms with Gasteiger partial charge in [0.15, 0.2) is 5.96 Å². The van der Waals surface area contributed by atoms with E-state index in [0.29, 0.717) is 23.0 Å². The van der Waals surface area contributed by atoms with E-state index in [1.807, 2.05) is 0 Å². The van der Waals surface area contributed by atoms with E-state index < -0.39 is 0 Å². The molecule has 1 atom stereocenters. The van der Waals surface area contributed by atoms with Gasteiger partial charge in [0.25, 0.3) is 5.91 Å². The predicted molar refractivity (Wildman–Crippen MR) is 82.6 cm³/mol. The minimum atomic E-state index is -0.389. The summed E-state index contributed by atoms with van der Waals surface area (Å²) < 4.78 is 0. The number of rotatable bonds is 4. The Hall–Kier alpha value is -2.08. The standard InChI is InChI=1S/C15H17ClN4O2/c16-9-3-4-10-11(5-9)14(22)20(7-8-1-2-8)12(10)6-13(21)19-15(17)18/h3-5,8,12H,1-2,6-7H2,(H4,17,18,19,21)/t12-/m0/s1. The van der Waals surface area contributed by atoms with Crippen LogP contribution in [0.2, 0.25) is 5.02 Å². The Labute approximate surface area is 133 Å². The van der Waals surface area contributed by atoms with E-state index in [-0.39, 0.29) is 30.2 Å². The first kappa shape index (κ1) is 14.8. The highest BCUT2D eigenvalue weighted by atomic mass is 35.5. The van der Waals surface area contributed by atoms with Gasteiger partial charge in [0.1, 0.15) is 0 Å². The first-order valence-electron chi connectivity index (χ1n) is 7.20. The van der Waals surface area contributed by atoms with Crippen molar-refractivity contribution >= 4 is 29.4 Å². The number of carbonyl (C=O) groups is 2. The summed E-state index contributed by atoms with van der Waals surface area (Å²) in [6.07, 6.45) is 2.33. The van der Waals surface area contributed by atoms with Crippen molar-refractivity contribution in [1.29, 1.82) is 5.41 Å². The normalized spacial score (nSPS) is 20.0. The van der Waals surface area contributed by atoms with Crippen molar-refractivity contribution in [3.05, 3.63) is 34.3 Å². The van der Waals surface area contributed by atoms with Crippen LogP contribution in [-0.4, -0.2) is 29.2 Å². The van der Waals surface area contributed by atoms with E-state index in [9.17, 15) is 9.59 Å². The molecule has 1 aromatic rings. The fourth-order valence-electron chi connectivity index (χ4n) is 2.85. The van der Waals surface area contributed by atoms with Crippen molar-refractivity contribution in [2.45, 2.75) is 25.3 Å². The molecule has 1 saturated carbocycles. The lowest BCUT2D eigenvalue weighted by atomic mass is 10.0. The zero-order valence-corrected chi connectivity index (χ0v) is 12.7. The van der Waals surface area contributed by atoms with Crippen LogP contribution in [0.5, 0.6) is 0 Å². The van der Waals surface area contributed by atoms with Crippen molar-refractivity contribution in [1.82, 2.24) is 10.2 Å². The number of hydrogen-bond acceptors (Lipinski definition) is 3. The summed E-state index contributed by atoms with van der Waals surface area (Å²) in [7, 11) is 0. The average molecular weight is 321 g/mol. The summed E-state index contributed by atoms with van der Waals surface area (Å²) in [6, 6.07) is 4.86. The number of fused-ring (bicyclic) bond motifs is 1. The third-order valence-electron chi connectivity index (χ3n) is 4.05. The molecule has 3 rings (SSSR count). The van der Waals surface area contributed by atoms with Crippen LogP contribution in [0.25, 0.3) is 0 Å². The lowest BCUT2D eigenvalue weighted by Crippen LogP contribution is -2.39. The molecule has 116 valence electrons. The lowest BCUT2D eigenvalue weighted by Gasteiger charge is -2.25. The van der Waals surface area contributed by atoms with E-state index in [4.69, 9.17) is 22.7 Å². The molecule has 1 fully saturated rings. The molecule has 22 heavy (non-hydrogen) atoms. The van der Waals surface area contributed by atoms with Crippen LogP contribution < -0.4 is 11.1 Å². The molecule has 0 radical (unpaired) electrons. The maximum absolute atomic E-state index is 12.6. The SMILES string of the molecule is N=C(N)NC(=O)C[C@H]1c2ccc(Cl)cc2C(=O)N1CC1CC1. The molecule has 0 unspecified atom stereocenters. The number of nitrogens with two attached hydrogens (primary N) is 1. The number of benzene rings is 1. The van der Waals surface area contributed by atoms with Crippen LogP contribution in [0.15, 0.2) is 18.2 Å². The van der Waals surface area contributed by atoms with E-state index in [1.165, 1.54) is 0 Å². The summed E-state index contributed by atoms with van der Waals surface area (Å²) >= 11 is 5.98. The summed E-state index contributed by atoms with van der Waals surface area (Å²) in [4.78, 5) is 26.3. The van der Waals surface area contributed by atoms with Gasteiger partial charge in [0.2, 0.25) is 5.91 Å².